The predicted molar refractivity (Wildman–Crippen MR) is 80.2 cm³/mol. The molecular weight excluding hydrogens is 284 g/mol. The molecule has 0 radical (unpaired) electrons. The van der Waals surface area contributed by atoms with Gasteiger partial charge in [0.2, 0.25) is 0 Å². The van der Waals surface area contributed by atoms with Crippen LogP contribution < -0.4 is 10.6 Å². The first-order valence-corrected chi connectivity index (χ1v) is 7.61. The fraction of sp³-hybridized carbons (Fsp3) is 0.462. The van der Waals surface area contributed by atoms with E-state index in [2.05, 4.69) is 10.6 Å². The number of anilines is 1. The Morgan fingerprint density at radius 1 is 1.53 bits per heavy atom. The third-order valence-corrected chi connectivity index (χ3v) is 4.75. The Kier molecular flexibility index (Phi) is 4.96. The summed E-state index contributed by atoms with van der Waals surface area (Å²) in [4.78, 5) is 11.8. The largest absolute Gasteiger partial charge is 0.376 e. The SMILES string of the molecule is CO[C@]1(CNC(=O)Nc2ccccc2Cl)CCSC1. The molecule has 104 valence electrons. The average Bonchev–Trinajstić information content (AvgIpc) is 2.89. The van der Waals surface area contributed by atoms with E-state index in [-0.39, 0.29) is 11.6 Å². The van der Waals surface area contributed by atoms with Crippen molar-refractivity contribution in [3.8, 4) is 0 Å². The lowest BCUT2D eigenvalue weighted by atomic mass is 10.0. The van der Waals surface area contributed by atoms with Crippen LogP contribution in [0.15, 0.2) is 24.3 Å². The second-order valence-corrected chi connectivity index (χ2v) is 5.99. The number of ether oxygens (including phenoxy) is 1. The van der Waals surface area contributed by atoms with Crippen LogP contribution in [0.25, 0.3) is 0 Å². The molecule has 1 aliphatic heterocycles. The summed E-state index contributed by atoms with van der Waals surface area (Å²) in [6.07, 6.45) is 0.959. The molecule has 1 atom stereocenters. The topological polar surface area (TPSA) is 50.4 Å². The highest BCUT2D eigenvalue weighted by atomic mass is 35.5. The number of rotatable bonds is 4. The van der Waals surface area contributed by atoms with Crippen molar-refractivity contribution < 1.29 is 9.53 Å². The van der Waals surface area contributed by atoms with Crippen LogP contribution in [-0.2, 0) is 4.74 Å². The number of urea groups is 1. The summed E-state index contributed by atoms with van der Waals surface area (Å²) >= 11 is 7.83. The van der Waals surface area contributed by atoms with E-state index in [1.807, 2.05) is 23.9 Å². The minimum atomic E-state index is -0.263. The van der Waals surface area contributed by atoms with Gasteiger partial charge in [-0.25, -0.2) is 4.79 Å². The lowest BCUT2D eigenvalue weighted by molar-refractivity contribution is 0.0161. The number of thioether (sulfide) groups is 1. The average molecular weight is 301 g/mol. The first-order valence-electron chi connectivity index (χ1n) is 6.07. The van der Waals surface area contributed by atoms with Gasteiger partial charge in [-0.1, -0.05) is 23.7 Å². The molecule has 1 aromatic carbocycles. The zero-order chi connectivity index (χ0) is 13.7. The van der Waals surface area contributed by atoms with Gasteiger partial charge in [-0.05, 0) is 24.3 Å². The number of amides is 2. The van der Waals surface area contributed by atoms with Crippen molar-refractivity contribution in [3.63, 3.8) is 0 Å². The smallest absolute Gasteiger partial charge is 0.319 e. The standard InChI is InChI=1S/C13H17ClN2O2S/c1-18-13(6-7-19-9-13)8-15-12(17)16-11-5-3-2-4-10(11)14/h2-5H,6-9H2,1H3,(H2,15,16,17)/t13-/m0/s1. The van der Waals surface area contributed by atoms with Crippen LogP contribution >= 0.6 is 23.4 Å². The van der Waals surface area contributed by atoms with Crippen LogP contribution in [0.5, 0.6) is 0 Å². The van der Waals surface area contributed by atoms with Crippen LogP contribution in [0.3, 0.4) is 0 Å². The number of benzene rings is 1. The number of methoxy groups -OCH3 is 1. The molecule has 0 unspecified atom stereocenters. The highest BCUT2D eigenvalue weighted by Gasteiger charge is 2.34. The van der Waals surface area contributed by atoms with E-state index in [1.54, 1.807) is 19.2 Å². The normalized spacial score (nSPS) is 22.2. The number of carbonyl (C=O) groups excluding carboxylic acids is 1. The number of hydrogen-bond acceptors (Lipinski definition) is 3. The summed E-state index contributed by atoms with van der Waals surface area (Å²) in [6, 6.07) is 6.88. The van der Waals surface area contributed by atoms with Crippen molar-refractivity contribution in [3.05, 3.63) is 29.3 Å². The van der Waals surface area contributed by atoms with Gasteiger partial charge in [0.25, 0.3) is 0 Å². The third kappa shape index (κ3) is 3.78. The maximum atomic E-state index is 11.8. The number of para-hydroxylation sites is 1. The maximum Gasteiger partial charge on any atom is 0.319 e. The van der Waals surface area contributed by atoms with Gasteiger partial charge in [-0.2, -0.15) is 11.8 Å². The van der Waals surface area contributed by atoms with E-state index in [9.17, 15) is 4.79 Å². The van der Waals surface area contributed by atoms with Gasteiger partial charge in [-0.3, -0.25) is 0 Å². The van der Waals surface area contributed by atoms with Gasteiger partial charge in [0.05, 0.1) is 16.3 Å². The predicted octanol–water partition coefficient (Wildman–Crippen LogP) is 2.98. The van der Waals surface area contributed by atoms with E-state index in [1.165, 1.54) is 0 Å². The summed E-state index contributed by atoms with van der Waals surface area (Å²) in [5, 5.41) is 6.10. The Bertz CT molecular complexity index is 450. The fourth-order valence-electron chi connectivity index (χ4n) is 1.93. The quantitative estimate of drug-likeness (QED) is 0.899. The molecule has 1 fully saturated rings. The van der Waals surface area contributed by atoms with Gasteiger partial charge in [0.1, 0.15) is 0 Å². The maximum absolute atomic E-state index is 11.8. The zero-order valence-electron chi connectivity index (χ0n) is 10.7. The molecule has 4 nitrogen and oxygen atoms in total. The summed E-state index contributed by atoms with van der Waals surface area (Å²) < 4.78 is 5.53. The minimum absolute atomic E-state index is 0.234. The summed E-state index contributed by atoms with van der Waals surface area (Å²) in [7, 11) is 1.69. The lowest BCUT2D eigenvalue weighted by Gasteiger charge is -2.26. The molecule has 6 heteroatoms. The van der Waals surface area contributed by atoms with Crippen molar-refractivity contribution in [1.29, 1.82) is 0 Å². The molecule has 0 aliphatic carbocycles. The lowest BCUT2D eigenvalue weighted by Crippen LogP contribution is -2.45. The van der Waals surface area contributed by atoms with Gasteiger partial charge in [-0.15, -0.1) is 0 Å². The van der Waals surface area contributed by atoms with E-state index < -0.39 is 0 Å². The van der Waals surface area contributed by atoms with Crippen LogP contribution in [0.1, 0.15) is 6.42 Å². The zero-order valence-corrected chi connectivity index (χ0v) is 12.3. The fourth-order valence-corrected chi connectivity index (χ4v) is 3.51. The highest BCUT2D eigenvalue weighted by molar-refractivity contribution is 7.99. The van der Waals surface area contributed by atoms with Crippen molar-refractivity contribution in [2.24, 2.45) is 0 Å². The van der Waals surface area contributed by atoms with E-state index in [0.717, 1.165) is 17.9 Å². The molecule has 1 heterocycles. The van der Waals surface area contributed by atoms with Crippen LogP contribution in [-0.4, -0.2) is 36.8 Å². The molecule has 0 bridgehead atoms. The second-order valence-electron chi connectivity index (χ2n) is 4.48. The Morgan fingerprint density at radius 3 is 2.95 bits per heavy atom. The van der Waals surface area contributed by atoms with Crippen molar-refractivity contribution in [1.82, 2.24) is 5.32 Å². The van der Waals surface area contributed by atoms with Crippen LogP contribution in [0, 0.1) is 0 Å². The van der Waals surface area contributed by atoms with Crippen molar-refractivity contribution >= 4 is 35.1 Å². The molecule has 0 aromatic heterocycles. The van der Waals surface area contributed by atoms with Gasteiger partial charge in [0.15, 0.2) is 0 Å². The monoisotopic (exact) mass is 300 g/mol. The van der Waals surface area contributed by atoms with E-state index in [0.29, 0.717) is 17.3 Å². The molecule has 2 N–H and O–H groups in total. The van der Waals surface area contributed by atoms with Crippen LogP contribution in [0.4, 0.5) is 10.5 Å². The molecule has 1 aliphatic rings. The Hall–Kier alpha value is -0.910. The molecule has 19 heavy (non-hydrogen) atoms. The molecule has 0 saturated carbocycles. The van der Waals surface area contributed by atoms with Gasteiger partial charge >= 0.3 is 6.03 Å². The minimum Gasteiger partial charge on any atom is -0.376 e. The van der Waals surface area contributed by atoms with E-state index in [4.69, 9.17) is 16.3 Å². The Morgan fingerprint density at radius 2 is 2.32 bits per heavy atom. The van der Waals surface area contributed by atoms with E-state index >= 15 is 0 Å². The third-order valence-electron chi connectivity index (χ3n) is 3.19. The van der Waals surface area contributed by atoms with Crippen molar-refractivity contribution in [2.45, 2.75) is 12.0 Å². The Balaban J connectivity index is 1.86. The van der Waals surface area contributed by atoms with Gasteiger partial charge < -0.3 is 15.4 Å². The summed E-state index contributed by atoms with van der Waals surface area (Å²) in [6.45, 7) is 0.507. The molecule has 2 amide bonds. The number of carbonyl (C=O) groups is 1. The summed E-state index contributed by atoms with van der Waals surface area (Å²) in [5.74, 6) is 1.98. The first-order chi connectivity index (χ1) is 9.15. The molecule has 1 aromatic rings. The first kappa shape index (κ1) is 14.5. The second kappa shape index (κ2) is 6.50. The number of halogens is 1. The molecule has 0 spiro atoms. The molecule has 1 saturated heterocycles. The molecular formula is C13H17ClN2O2S. The highest BCUT2D eigenvalue weighted by Crippen LogP contribution is 2.30. The molecule has 2 rings (SSSR count). The Labute approximate surface area is 122 Å². The number of hydrogen-bond donors (Lipinski definition) is 2. The summed E-state index contributed by atoms with van der Waals surface area (Å²) in [5.41, 5.74) is 0.372. The van der Waals surface area contributed by atoms with Gasteiger partial charge in [0, 0.05) is 19.4 Å². The van der Waals surface area contributed by atoms with Crippen LogP contribution in [0.2, 0.25) is 5.02 Å². The number of nitrogens with one attached hydrogen (secondary N) is 2. The van der Waals surface area contributed by atoms with Crippen molar-refractivity contribution in [2.75, 3.05) is 30.5 Å².